The Hall–Kier alpha value is -2.74. The van der Waals surface area contributed by atoms with Crippen molar-refractivity contribution < 1.29 is 13.9 Å². The van der Waals surface area contributed by atoms with Gasteiger partial charge in [-0.1, -0.05) is 0 Å². The van der Waals surface area contributed by atoms with E-state index in [-0.39, 0.29) is 12.1 Å². The summed E-state index contributed by atoms with van der Waals surface area (Å²) in [7, 11) is 1.33. The van der Waals surface area contributed by atoms with Gasteiger partial charge in [-0.2, -0.15) is 0 Å². The summed E-state index contributed by atoms with van der Waals surface area (Å²) in [6.45, 7) is 0.259. The smallest absolute Gasteiger partial charge is 0.348 e. The molecular weight excluding hydrogens is 306 g/mol. The van der Waals surface area contributed by atoms with E-state index < -0.39 is 5.97 Å². The van der Waals surface area contributed by atoms with Crippen molar-refractivity contribution in [2.24, 2.45) is 0 Å². The lowest BCUT2D eigenvalue weighted by Crippen LogP contribution is -2.20. The number of thiophene rings is 1. The molecule has 7 nitrogen and oxygen atoms in total. The van der Waals surface area contributed by atoms with Gasteiger partial charge >= 0.3 is 5.97 Å². The Morgan fingerprint density at radius 2 is 2.27 bits per heavy atom. The van der Waals surface area contributed by atoms with E-state index in [1.807, 2.05) is 0 Å². The van der Waals surface area contributed by atoms with Crippen LogP contribution in [0.4, 0.5) is 0 Å². The number of ether oxygens (including phenoxy) is 1. The van der Waals surface area contributed by atoms with Crippen molar-refractivity contribution in [3.05, 3.63) is 57.0 Å². The van der Waals surface area contributed by atoms with Crippen molar-refractivity contribution in [1.82, 2.24) is 14.8 Å². The topological polar surface area (TPSA) is 87.2 Å². The highest BCUT2D eigenvalue weighted by Crippen LogP contribution is 2.20. The van der Waals surface area contributed by atoms with Gasteiger partial charge in [0.2, 0.25) is 12.3 Å². The molecule has 0 bridgehead atoms. The number of pyridine rings is 1. The molecule has 0 aliphatic rings. The van der Waals surface area contributed by atoms with Gasteiger partial charge in [0.15, 0.2) is 0 Å². The van der Waals surface area contributed by atoms with Crippen molar-refractivity contribution in [2.75, 3.05) is 7.11 Å². The third-order valence-electron chi connectivity index (χ3n) is 3.05. The molecule has 112 valence electrons. The van der Waals surface area contributed by atoms with Crippen LogP contribution in [0.1, 0.15) is 15.2 Å². The summed E-state index contributed by atoms with van der Waals surface area (Å²) in [6.07, 6.45) is 2.84. The van der Waals surface area contributed by atoms with Gasteiger partial charge in [-0.15, -0.1) is 21.5 Å². The fraction of sp³-hybridized carbons (Fsp3) is 0.143. The van der Waals surface area contributed by atoms with Gasteiger partial charge in [-0.05, 0) is 23.1 Å². The molecule has 0 aliphatic heterocycles. The van der Waals surface area contributed by atoms with E-state index in [1.54, 1.807) is 23.7 Å². The van der Waals surface area contributed by atoms with Crippen LogP contribution in [-0.2, 0) is 11.3 Å². The second-order valence-corrected chi connectivity index (χ2v) is 5.31. The van der Waals surface area contributed by atoms with Gasteiger partial charge in [0.25, 0.3) is 5.56 Å². The van der Waals surface area contributed by atoms with E-state index in [2.05, 4.69) is 10.2 Å². The molecule has 0 unspecified atom stereocenters. The molecule has 0 amide bonds. The van der Waals surface area contributed by atoms with E-state index >= 15 is 0 Å². The number of rotatable bonds is 4. The zero-order chi connectivity index (χ0) is 15.5. The Bertz CT molecular complexity index is 851. The highest BCUT2D eigenvalue weighted by molar-refractivity contribution is 7.12. The summed E-state index contributed by atoms with van der Waals surface area (Å²) in [6, 6.07) is 4.83. The number of methoxy groups -OCH3 is 1. The average molecular weight is 317 g/mol. The molecule has 0 aromatic carbocycles. The Morgan fingerprint density at radius 1 is 1.41 bits per heavy atom. The lowest BCUT2D eigenvalue weighted by atomic mass is 10.2. The molecule has 0 saturated heterocycles. The minimum atomic E-state index is -0.411. The van der Waals surface area contributed by atoms with Crippen LogP contribution < -0.4 is 5.56 Å². The Balaban J connectivity index is 1.96. The predicted molar refractivity (Wildman–Crippen MR) is 78.8 cm³/mol. The maximum atomic E-state index is 12.0. The maximum absolute atomic E-state index is 12.0. The largest absolute Gasteiger partial charge is 0.465 e. The van der Waals surface area contributed by atoms with Crippen LogP contribution in [0.3, 0.4) is 0 Å². The minimum Gasteiger partial charge on any atom is -0.465 e. The van der Waals surface area contributed by atoms with Crippen molar-refractivity contribution in [3.8, 4) is 11.5 Å². The maximum Gasteiger partial charge on any atom is 0.348 e. The predicted octanol–water partition coefficient (Wildman–Crippen LogP) is 1.79. The number of carbonyl (C=O) groups is 1. The summed E-state index contributed by atoms with van der Waals surface area (Å²) in [5.74, 6) is -0.0848. The summed E-state index contributed by atoms with van der Waals surface area (Å²) >= 11 is 1.28. The summed E-state index contributed by atoms with van der Waals surface area (Å²) in [5, 5.41) is 9.21. The summed E-state index contributed by atoms with van der Waals surface area (Å²) in [5.41, 5.74) is 1.17. The second-order valence-electron chi connectivity index (χ2n) is 4.39. The van der Waals surface area contributed by atoms with E-state index in [1.165, 1.54) is 35.5 Å². The first-order chi connectivity index (χ1) is 10.7. The molecule has 0 aliphatic carbocycles. The molecule has 3 aromatic heterocycles. The second kappa shape index (κ2) is 5.94. The quantitative estimate of drug-likeness (QED) is 0.682. The van der Waals surface area contributed by atoms with Gasteiger partial charge in [0, 0.05) is 12.3 Å². The third kappa shape index (κ3) is 2.68. The number of carbonyl (C=O) groups excluding carboxylic acids is 1. The Labute approximate surface area is 128 Å². The van der Waals surface area contributed by atoms with E-state index in [9.17, 15) is 9.59 Å². The SMILES string of the molecule is COC(=O)c1sccc1Cn1cc(-c2nnco2)ccc1=O. The number of aromatic nitrogens is 3. The van der Waals surface area contributed by atoms with E-state index in [0.29, 0.717) is 16.3 Å². The van der Waals surface area contributed by atoms with Crippen LogP contribution in [0.15, 0.2) is 45.4 Å². The highest BCUT2D eigenvalue weighted by Gasteiger charge is 2.14. The molecule has 22 heavy (non-hydrogen) atoms. The van der Waals surface area contributed by atoms with Gasteiger partial charge < -0.3 is 13.7 Å². The van der Waals surface area contributed by atoms with Gasteiger partial charge in [0.05, 0.1) is 19.2 Å². The molecule has 0 atom stereocenters. The fourth-order valence-electron chi connectivity index (χ4n) is 2.00. The van der Waals surface area contributed by atoms with Crippen molar-refractivity contribution in [1.29, 1.82) is 0 Å². The van der Waals surface area contributed by atoms with Crippen LogP contribution in [0.25, 0.3) is 11.5 Å². The van der Waals surface area contributed by atoms with Gasteiger partial charge in [-0.3, -0.25) is 4.79 Å². The van der Waals surface area contributed by atoms with E-state index in [0.717, 1.165) is 5.56 Å². The lowest BCUT2D eigenvalue weighted by molar-refractivity contribution is 0.0605. The van der Waals surface area contributed by atoms with Crippen LogP contribution in [0, 0.1) is 0 Å². The summed E-state index contributed by atoms with van der Waals surface area (Å²) in [4.78, 5) is 24.2. The molecule has 3 rings (SSSR count). The van der Waals surface area contributed by atoms with Crippen LogP contribution >= 0.6 is 11.3 Å². The number of nitrogens with zero attached hydrogens (tertiary/aromatic N) is 3. The average Bonchev–Trinajstić information content (AvgIpc) is 3.20. The molecule has 0 N–H and O–H groups in total. The van der Waals surface area contributed by atoms with E-state index in [4.69, 9.17) is 9.15 Å². The zero-order valence-electron chi connectivity index (χ0n) is 11.6. The first-order valence-corrected chi connectivity index (χ1v) is 7.18. The first kappa shape index (κ1) is 14.2. The standard InChI is InChI=1S/C14H11N3O4S/c1-20-14(19)12-9(4-5-22-12)6-17-7-10(2-3-11(17)18)13-16-15-8-21-13/h2-5,7-8H,6H2,1H3. The molecule has 0 spiro atoms. The number of hydrogen-bond donors (Lipinski definition) is 0. The molecular formula is C14H11N3O4S. The van der Waals surface area contributed by atoms with Crippen LogP contribution in [0.2, 0.25) is 0 Å². The molecule has 8 heteroatoms. The normalized spacial score (nSPS) is 10.6. The fourth-order valence-corrected chi connectivity index (χ4v) is 2.83. The van der Waals surface area contributed by atoms with Crippen LogP contribution in [-0.4, -0.2) is 27.8 Å². The molecule has 0 fully saturated rings. The number of hydrogen-bond acceptors (Lipinski definition) is 7. The lowest BCUT2D eigenvalue weighted by Gasteiger charge is -2.07. The van der Waals surface area contributed by atoms with Crippen molar-refractivity contribution >= 4 is 17.3 Å². The Kier molecular flexibility index (Phi) is 3.84. The Morgan fingerprint density at radius 3 is 3.00 bits per heavy atom. The van der Waals surface area contributed by atoms with Crippen molar-refractivity contribution in [3.63, 3.8) is 0 Å². The van der Waals surface area contributed by atoms with Crippen LogP contribution in [0.5, 0.6) is 0 Å². The highest BCUT2D eigenvalue weighted by atomic mass is 32.1. The summed E-state index contributed by atoms with van der Waals surface area (Å²) < 4.78 is 11.3. The monoisotopic (exact) mass is 317 g/mol. The zero-order valence-corrected chi connectivity index (χ0v) is 12.4. The van der Waals surface area contributed by atoms with Gasteiger partial charge in [-0.25, -0.2) is 4.79 Å². The van der Waals surface area contributed by atoms with Crippen molar-refractivity contribution in [2.45, 2.75) is 6.54 Å². The first-order valence-electron chi connectivity index (χ1n) is 6.31. The molecule has 0 saturated carbocycles. The minimum absolute atomic E-state index is 0.190. The van der Waals surface area contributed by atoms with Gasteiger partial charge in [0.1, 0.15) is 4.88 Å². The molecule has 3 heterocycles. The third-order valence-corrected chi connectivity index (χ3v) is 3.99. The number of esters is 1. The molecule has 3 aromatic rings. The molecule has 0 radical (unpaired) electrons.